The van der Waals surface area contributed by atoms with E-state index in [4.69, 9.17) is 9.47 Å². The summed E-state index contributed by atoms with van der Waals surface area (Å²) in [5.74, 6) is 0.755. The van der Waals surface area contributed by atoms with Crippen molar-refractivity contribution in [2.45, 2.75) is 25.2 Å². The lowest BCUT2D eigenvalue weighted by Gasteiger charge is -2.32. The summed E-state index contributed by atoms with van der Waals surface area (Å²) in [5, 5.41) is 10.5. The molecule has 2 aliphatic heterocycles. The fraction of sp³-hybridized carbons (Fsp3) is 0.389. The molecule has 0 spiro atoms. The van der Waals surface area contributed by atoms with E-state index >= 15 is 0 Å². The summed E-state index contributed by atoms with van der Waals surface area (Å²) in [4.78, 5) is 17.2. The Bertz CT molecular complexity index is 822. The second kappa shape index (κ2) is 5.99. The molecule has 2 heterocycles. The number of carbonyl (C=O) groups excluding carboxylic acids is 1. The highest BCUT2D eigenvalue weighted by atomic mass is 32.2. The van der Waals surface area contributed by atoms with Crippen molar-refractivity contribution in [2.75, 3.05) is 13.0 Å². The average Bonchev–Trinajstić information content (AvgIpc) is 3.07. The maximum Gasteiger partial charge on any atom is 0.231 e. The summed E-state index contributed by atoms with van der Waals surface area (Å²) in [5.41, 5.74) is 2.48. The third kappa shape index (κ3) is 2.31. The third-order valence-corrected chi connectivity index (χ3v) is 5.45. The first-order valence-corrected chi connectivity index (χ1v) is 9.13. The van der Waals surface area contributed by atoms with Gasteiger partial charge in [-0.1, -0.05) is 6.07 Å². The number of allylic oxidation sites excluding steroid dienone is 2. The quantitative estimate of drug-likeness (QED) is 0.783. The molecule has 0 radical (unpaired) electrons. The van der Waals surface area contributed by atoms with Gasteiger partial charge in [-0.2, -0.15) is 5.26 Å². The molecule has 6 heteroatoms. The van der Waals surface area contributed by atoms with Crippen LogP contribution in [-0.4, -0.2) is 23.9 Å². The van der Waals surface area contributed by atoms with E-state index in [0.29, 0.717) is 23.5 Å². The van der Waals surface area contributed by atoms with Crippen LogP contribution in [0.4, 0.5) is 0 Å². The molecule has 1 aliphatic carbocycles. The Hall–Kier alpha value is -2.26. The summed E-state index contributed by atoms with van der Waals surface area (Å²) in [6.45, 7) is 0.204. The van der Waals surface area contributed by atoms with Gasteiger partial charge in [0.1, 0.15) is 5.92 Å². The molecule has 0 fully saturated rings. The van der Waals surface area contributed by atoms with Crippen LogP contribution in [0.2, 0.25) is 0 Å². The molecule has 0 aromatic heterocycles. The van der Waals surface area contributed by atoms with E-state index in [1.54, 1.807) is 0 Å². The zero-order valence-corrected chi connectivity index (χ0v) is 14.1. The molecule has 3 aliphatic rings. The topological polar surface area (TPSA) is 71.7 Å². The Balaban J connectivity index is 1.87. The van der Waals surface area contributed by atoms with Gasteiger partial charge in [0.05, 0.1) is 11.1 Å². The van der Waals surface area contributed by atoms with Crippen LogP contribution in [0.3, 0.4) is 0 Å². The van der Waals surface area contributed by atoms with Crippen LogP contribution in [0, 0.1) is 17.2 Å². The molecule has 4 rings (SSSR count). The van der Waals surface area contributed by atoms with Gasteiger partial charge in [0.25, 0.3) is 0 Å². The molecule has 122 valence electrons. The van der Waals surface area contributed by atoms with Crippen LogP contribution in [0.15, 0.2) is 34.5 Å². The van der Waals surface area contributed by atoms with Crippen molar-refractivity contribution < 1.29 is 14.3 Å². The number of fused-ring (bicyclic) bond motifs is 1. The molecule has 1 aromatic carbocycles. The van der Waals surface area contributed by atoms with Crippen molar-refractivity contribution in [1.82, 2.24) is 0 Å². The van der Waals surface area contributed by atoms with Crippen LogP contribution in [0.5, 0.6) is 11.5 Å². The molecular weight excluding hydrogens is 324 g/mol. The van der Waals surface area contributed by atoms with Crippen LogP contribution in [-0.2, 0) is 4.79 Å². The summed E-state index contributed by atoms with van der Waals surface area (Å²) in [6, 6.07) is 8.04. The molecule has 0 saturated carbocycles. The second-order valence-corrected chi connectivity index (χ2v) is 6.81. The molecule has 2 atom stereocenters. The first-order chi connectivity index (χ1) is 11.7. The van der Waals surface area contributed by atoms with Gasteiger partial charge in [0, 0.05) is 23.6 Å². The molecule has 1 unspecified atom stereocenters. The third-order valence-electron chi connectivity index (χ3n) is 4.69. The predicted octanol–water partition coefficient (Wildman–Crippen LogP) is 3.42. The Morgan fingerprint density at radius 2 is 2.12 bits per heavy atom. The first kappa shape index (κ1) is 15.3. The number of carbonyl (C=O) groups is 1. The van der Waals surface area contributed by atoms with Crippen molar-refractivity contribution in [3.8, 4) is 17.6 Å². The number of benzene rings is 1. The minimum atomic E-state index is -0.443. The van der Waals surface area contributed by atoms with E-state index in [2.05, 4.69) is 11.1 Å². The number of aliphatic imine (C=N–C) groups is 1. The van der Waals surface area contributed by atoms with E-state index in [1.807, 2.05) is 24.5 Å². The van der Waals surface area contributed by atoms with Crippen molar-refractivity contribution in [3.63, 3.8) is 0 Å². The van der Waals surface area contributed by atoms with Gasteiger partial charge >= 0.3 is 0 Å². The lowest BCUT2D eigenvalue weighted by Crippen LogP contribution is -2.30. The van der Waals surface area contributed by atoms with E-state index in [-0.39, 0.29) is 18.5 Å². The molecular formula is C18H16N2O3S. The van der Waals surface area contributed by atoms with Gasteiger partial charge in [-0.25, -0.2) is 4.99 Å². The van der Waals surface area contributed by atoms with Crippen molar-refractivity contribution in [1.29, 1.82) is 5.26 Å². The molecule has 0 amide bonds. The van der Waals surface area contributed by atoms with Gasteiger partial charge in [-0.3, -0.25) is 4.79 Å². The van der Waals surface area contributed by atoms with Crippen molar-refractivity contribution in [3.05, 3.63) is 35.0 Å². The zero-order valence-electron chi connectivity index (χ0n) is 13.2. The molecule has 5 nitrogen and oxygen atoms in total. The Morgan fingerprint density at radius 1 is 1.29 bits per heavy atom. The molecule has 0 saturated heterocycles. The number of hydrogen-bond acceptors (Lipinski definition) is 6. The van der Waals surface area contributed by atoms with Crippen LogP contribution < -0.4 is 9.47 Å². The number of hydrogen-bond donors (Lipinski definition) is 0. The Kier molecular flexibility index (Phi) is 3.81. The summed E-state index contributed by atoms with van der Waals surface area (Å²) in [7, 11) is 0. The molecule has 1 aromatic rings. The van der Waals surface area contributed by atoms with E-state index in [1.165, 1.54) is 11.8 Å². The van der Waals surface area contributed by atoms with Gasteiger partial charge < -0.3 is 9.47 Å². The number of Topliss-reactive ketones (excluding diaryl/α,β-unsaturated/α-hetero) is 1. The SMILES string of the molecule is CSC1=NC2=C(C(=O)CCC2)[C@H](c2ccc3c(c2)OCO3)C1C#N. The summed E-state index contributed by atoms with van der Waals surface area (Å²) < 4.78 is 10.8. The van der Waals surface area contributed by atoms with Crippen LogP contribution >= 0.6 is 11.8 Å². The average molecular weight is 340 g/mol. The first-order valence-electron chi connectivity index (χ1n) is 7.91. The monoisotopic (exact) mass is 340 g/mol. The number of ketones is 1. The normalized spacial score (nSPS) is 25.2. The number of ether oxygens (including phenoxy) is 2. The fourth-order valence-corrected chi connectivity index (χ4v) is 4.24. The Morgan fingerprint density at radius 3 is 2.92 bits per heavy atom. The maximum absolute atomic E-state index is 12.6. The van der Waals surface area contributed by atoms with Crippen molar-refractivity contribution >= 4 is 22.6 Å². The molecule has 24 heavy (non-hydrogen) atoms. The number of rotatable bonds is 1. The lowest BCUT2D eigenvalue weighted by molar-refractivity contribution is -0.116. The fourth-order valence-electron chi connectivity index (χ4n) is 3.60. The van der Waals surface area contributed by atoms with E-state index in [9.17, 15) is 10.1 Å². The van der Waals surface area contributed by atoms with Gasteiger partial charge in [0.15, 0.2) is 17.3 Å². The van der Waals surface area contributed by atoms with Gasteiger partial charge in [-0.15, -0.1) is 11.8 Å². The largest absolute Gasteiger partial charge is 0.454 e. The van der Waals surface area contributed by atoms with E-state index < -0.39 is 5.92 Å². The molecule has 0 bridgehead atoms. The Labute approximate surface area is 144 Å². The second-order valence-electron chi connectivity index (χ2n) is 5.99. The van der Waals surface area contributed by atoms with Gasteiger partial charge in [0.2, 0.25) is 6.79 Å². The highest BCUT2D eigenvalue weighted by molar-refractivity contribution is 8.13. The minimum absolute atomic E-state index is 0.114. The van der Waals surface area contributed by atoms with Gasteiger partial charge in [-0.05, 0) is 36.8 Å². The van der Waals surface area contributed by atoms with Crippen molar-refractivity contribution in [2.24, 2.45) is 10.9 Å². The number of thioether (sulfide) groups is 1. The summed E-state index contributed by atoms with van der Waals surface area (Å²) >= 11 is 1.49. The number of nitriles is 1. The lowest BCUT2D eigenvalue weighted by atomic mass is 9.74. The predicted molar refractivity (Wildman–Crippen MR) is 91.2 cm³/mol. The highest BCUT2D eigenvalue weighted by Gasteiger charge is 2.40. The highest BCUT2D eigenvalue weighted by Crippen LogP contribution is 2.46. The zero-order chi connectivity index (χ0) is 16.7. The maximum atomic E-state index is 12.6. The number of nitrogens with zero attached hydrogens (tertiary/aromatic N) is 2. The van der Waals surface area contributed by atoms with Crippen LogP contribution in [0.25, 0.3) is 0 Å². The summed E-state index contributed by atoms with van der Waals surface area (Å²) in [6.07, 6.45) is 4.08. The molecule has 0 N–H and O–H groups in total. The standard InChI is InChI=1S/C18H16N2O3S/c1-24-18-11(8-19)16(17-12(20-18)3-2-4-13(17)21)10-5-6-14-15(7-10)23-9-22-14/h5-7,11,16H,2-4,9H2,1H3/t11?,16-/m1/s1. The van der Waals surface area contributed by atoms with E-state index in [0.717, 1.165) is 29.1 Å². The van der Waals surface area contributed by atoms with Crippen LogP contribution in [0.1, 0.15) is 30.7 Å². The smallest absolute Gasteiger partial charge is 0.231 e. The minimum Gasteiger partial charge on any atom is -0.454 e.